The zero-order valence-corrected chi connectivity index (χ0v) is 10.9. The summed E-state index contributed by atoms with van der Waals surface area (Å²) in [5, 5.41) is 0. The summed E-state index contributed by atoms with van der Waals surface area (Å²) in [7, 11) is -0.326. The summed E-state index contributed by atoms with van der Waals surface area (Å²) in [6.07, 6.45) is 0.657. The van der Waals surface area contributed by atoms with Crippen LogP contribution >= 0.6 is 22.9 Å². The third-order valence-corrected chi connectivity index (χ3v) is 4.59. The van der Waals surface area contributed by atoms with Gasteiger partial charge >= 0.3 is 0 Å². The molecule has 0 unspecified atom stereocenters. The second kappa shape index (κ2) is 5.27. The molecule has 0 aliphatic carbocycles. The molecule has 0 atom stereocenters. The highest BCUT2D eigenvalue weighted by Crippen LogP contribution is 2.21. The first-order chi connectivity index (χ1) is 6.92. The maximum atomic E-state index is 11.3. The maximum Gasteiger partial charge on any atom is 0.278 e. The van der Waals surface area contributed by atoms with E-state index in [4.69, 9.17) is 11.6 Å². The van der Waals surface area contributed by atoms with Crippen LogP contribution in [0.3, 0.4) is 0 Å². The van der Waals surface area contributed by atoms with Crippen molar-refractivity contribution in [3.05, 3.63) is 21.3 Å². The molecule has 15 heavy (non-hydrogen) atoms. The first-order valence-electron chi connectivity index (χ1n) is 4.33. The Morgan fingerprint density at radius 2 is 2.13 bits per heavy atom. The van der Waals surface area contributed by atoms with Crippen LogP contribution in [0.1, 0.15) is 4.88 Å². The van der Waals surface area contributed by atoms with E-state index in [0.717, 1.165) is 13.5 Å². The highest BCUT2D eigenvalue weighted by Gasteiger charge is 2.11. The van der Waals surface area contributed by atoms with E-state index in [1.165, 1.54) is 25.4 Å². The van der Waals surface area contributed by atoms with Crippen LogP contribution in [-0.2, 0) is 16.6 Å². The van der Waals surface area contributed by atoms with Crippen LogP contribution in [0.25, 0.3) is 0 Å². The topological polar surface area (TPSA) is 49.4 Å². The van der Waals surface area contributed by atoms with Gasteiger partial charge in [-0.15, -0.1) is 11.3 Å². The van der Waals surface area contributed by atoms with Crippen LogP contribution in [-0.4, -0.2) is 33.4 Å². The van der Waals surface area contributed by atoms with Gasteiger partial charge in [0.05, 0.1) is 4.34 Å². The van der Waals surface area contributed by atoms with Gasteiger partial charge in [-0.25, -0.2) is 4.72 Å². The van der Waals surface area contributed by atoms with Gasteiger partial charge in [0.15, 0.2) is 0 Å². The molecule has 0 aliphatic heterocycles. The fourth-order valence-corrected chi connectivity index (χ4v) is 2.62. The number of hydrogen-bond donors (Lipinski definition) is 1. The minimum absolute atomic E-state index is 0.386. The van der Waals surface area contributed by atoms with Crippen molar-refractivity contribution in [1.82, 2.24) is 9.03 Å². The molecular weight excluding hydrogens is 256 g/mol. The first-order valence-corrected chi connectivity index (χ1v) is 6.96. The average Bonchev–Trinajstić information content (AvgIpc) is 2.51. The van der Waals surface area contributed by atoms with Gasteiger partial charge in [0.25, 0.3) is 10.2 Å². The molecule has 1 N–H and O–H groups in total. The number of hydrogen-bond acceptors (Lipinski definition) is 3. The summed E-state index contributed by atoms with van der Waals surface area (Å²) < 4.78 is 27.0. The third kappa shape index (κ3) is 4.08. The average molecular weight is 269 g/mol. The molecule has 0 spiro atoms. The zero-order valence-electron chi connectivity index (χ0n) is 8.53. The summed E-state index contributed by atoms with van der Waals surface area (Å²) >= 11 is 7.22. The molecule has 1 aromatic heterocycles. The molecule has 4 nitrogen and oxygen atoms in total. The van der Waals surface area contributed by atoms with Gasteiger partial charge in [-0.05, 0) is 18.6 Å². The van der Waals surface area contributed by atoms with E-state index >= 15 is 0 Å². The molecule has 1 heterocycles. The van der Waals surface area contributed by atoms with Crippen LogP contribution in [0, 0.1) is 0 Å². The molecule has 0 saturated heterocycles. The summed E-state index contributed by atoms with van der Waals surface area (Å²) in [6.45, 7) is 0.386. The molecule has 7 heteroatoms. The van der Waals surface area contributed by atoms with E-state index < -0.39 is 10.2 Å². The summed E-state index contributed by atoms with van der Waals surface area (Å²) in [6, 6.07) is 3.71. The van der Waals surface area contributed by atoms with Crippen LogP contribution in [0.15, 0.2) is 12.1 Å². The van der Waals surface area contributed by atoms with E-state index in [9.17, 15) is 8.42 Å². The van der Waals surface area contributed by atoms with Gasteiger partial charge in [-0.3, -0.25) is 0 Å². The maximum absolute atomic E-state index is 11.3. The lowest BCUT2D eigenvalue weighted by Gasteiger charge is -2.11. The lowest BCUT2D eigenvalue weighted by Crippen LogP contribution is -2.36. The number of nitrogens with one attached hydrogen (secondary N) is 1. The molecule has 0 radical (unpaired) electrons. The molecule has 0 bridgehead atoms. The van der Waals surface area contributed by atoms with Gasteiger partial charge in [0, 0.05) is 25.5 Å². The van der Waals surface area contributed by atoms with Crippen molar-refractivity contribution in [2.75, 3.05) is 20.6 Å². The number of rotatable bonds is 5. The van der Waals surface area contributed by atoms with Crippen molar-refractivity contribution in [1.29, 1.82) is 0 Å². The summed E-state index contributed by atoms with van der Waals surface area (Å²) in [4.78, 5) is 1.07. The fraction of sp³-hybridized carbons (Fsp3) is 0.500. The van der Waals surface area contributed by atoms with E-state index in [1.807, 2.05) is 12.1 Å². The molecule has 1 aromatic rings. The quantitative estimate of drug-likeness (QED) is 0.876. The number of thiophene rings is 1. The Hall–Kier alpha value is -0.140. The molecule has 0 aromatic carbocycles. The molecular formula is C8H13ClN2O2S2. The second-order valence-corrected chi connectivity index (χ2v) is 6.91. The van der Waals surface area contributed by atoms with Crippen LogP contribution < -0.4 is 4.72 Å². The molecule has 0 fully saturated rings. The minimum Gasteiger partial charge on any atom is -0.202 e. The fourth-order valence-electron chi connectivity index (χ4n) is 0.918. The van der Waals surface area contributed by atoms with Gasteiger partial charge in [-0.1, -0.05) is 11.6 Å². The predicted octanol–water partition coefficient (Wildman–Crippen LogP) is 1.34. The van der Waals surface area contributed by atoms with Crippen molar-refractivity contribution in [2.45, 2.75) is 6.42 Å². The van der Waals surface area contributed by atoms with E-state index in [0.29, 0.717) is 13.0 Å². The Labute approximate surface area is 99.0 Å². The molecule has 1 rings (SSSR count). The van der Waals surface area contributed by atoms with Crippen molar-refractivity contribution in [2.24, 2.45) is 0 Å². The number of halogens is 1. The SMILES string of the molecule is CN(C)S(=O)(=O)NCCc1ccc(Cl)s1. The van der Waals surface area contributed by atoms with E-state index in [-0.39, 0.29) is 0 Å². The normalized spacial score (nSPS) is 12.3. The first kappa shape index (κ1) is 12.9. The molecule has 0 amide bonds. The largest absolute Gasteiger partial charge is 0.278 e. The molecule has 0 saturated carbocycles. The van der Waals surface area contributed by atoms with Crippen molar-refractivity contribution in [3.63, 3.8) is 0 Å². The predicted molar refractivity (Wildman–Crippen MR) is 63.6 cm³/mol. The third-order valence-electron chi connectivity index (χ3n) is 1.77. The van der Waals surface area contributed by atoms with Crippen LogP contribution in [0.2, 0.25) is 4.34 Å². The standard InChI is InChI=1S/C8H13ClN2O2S2/c1-11(2)15(12,13)10-6-5-7-3-4-8(9)14-7/h3-4,10H,5-6H2,1-2H3. The summed E-state index contributed by atoms with van der Waals surface area (Å²) in [5.74, 6) is 0. The number of nitrogens with zero attached hydrogens (tertiary/aromatic N) is 1. The Kier molecular flexibility index (Phi) is 4.54. The lowest BCUT2D eigenvalue weighted by molar-refractivity contribution is 0.506. The van der Waals surface area contributed by atoms with Gasteiger partial charge in [0.1, 0.15) is 0 Å². The summed E-state index contributed by atoms with van der Waals surface area (Å²) in [5.41, 5.74) is 0. The second-order valence-electron chi connectivity index (χ2n) is 3.14. The molecule has 0 aliphatic rings. The van der Waals surface area contributed by atoms with Gasteiger partial charge < -0.3 is 0 Å². The van der Waals surface area contributed by atoms with Crippen molar-refractivity contribution >= 4 is 33.1 Å². The minimum atomic E-state index is -3.31. The lowest BCUT2D eigenvalue weighted by atomic mass is 10.3. The Bertz CT molecular complexity index is 414. The van der Waals surface area contributed by atoms with Crippen LogP contribution in [0.4, 0.5) is 0 Å². The van der Waals surface area contributed by atoms with E-state index in [1.54, 1.807) is 0 Å². The Morgan fingerprint density at radius 1 is 1.47 bits per heavy atom. The van der Waals surface area contributed by atoms with Crippen LogP contribution in [0.5, 0.6) is 0 Å². The Balaban J connectivity index is 2.40. The smallest absolute Gasteiger partial charge is 0.202 e. The zero-order chi connectivity index (χ0) is 11.5. The monoisotopic (exact) mass is 268 g/mol. The highest BCUT2D eigenvalue weighted by atomic mass is 35.5. The van der Waals surface area contributed by atoms with Crippen molar-refractivity contribution < 1.29 is 8.42 Å². The van der Waals surface area contributed by atoms with Crippen molar-refractivity contribution in [3.8, 4) is 0 Å². The Morgan fingerprint density at radius 3 is 2.60 bits per heavy atom. The van der Waals surface area contributed by atoms with Gasteiger partial charge in [0.2, 0.25) is 0 Å². The van der Waals surface area contributed by atoms with Gasteiger partial charge in [-0.2, -0.15) is 12.7 Å². The highest BCUT2D eigenvalue weighted by molar-refractivity contribution is 7.87. The van der Waals surface area contributed by atoms with E-state index in [2.05, 4.69) is 4.72 Å². The molecule has 86 valence electrons.